The molecule has 1 fully saturated rings. The molecule has 1 saturated heterocycles. The number of nitrogens with zero attached hydrogens (tertiary/aromatic N) is 1. The molecule has 3 aromatic rings. The van der Waals surface area contributed by atoms with Crippen LogP contribution < -0.4 is 10.1 Å². The molecule has 0 unspecified atom stereocenters. The lowest BCUT2D eigenvalue weighted by molar-refractivity contribution is 0.156. The van der Waals surface area contributed by atoms with Crippen LogP contribution in [0, 0.1) is 5.82 Å². The average Bonchev–Trinajstić information content (AvgIpc) is 2.64. The maximum Gasteiger partial charge on any atom is 0.165 e. The Hall–Kier alpha value is -2.46. The molecule has 0 atom stereocenters. The van der Waals surface area contributed by atoms with Gasteiger partial charge in [-0.3, -0.25) is 4.98 Å². The molecule has 3 nitrogen and oxygen atoms in total. The Kier molecular flexibility index (Phi) is 4.13. The van der Waals surface area contributed by atoms with Crippen molar-refractivity contribution in [2.45, 2.75) is 18.9 Å². The summed E-state index contributed by atoms with van der Waals surface area (Å²) in [5.74, 6) is 0.0126. The molecule has 122 valence electrons. The summed E-state index contributed by atoms with van der Waals surface area (Å²) < 4.78 is 20.3. The lowest BCUT2D eigenvalue weighted by Gasteiger charge is -2.24. The third kappa shape index (κ3) is 3.10. The van der Waals surface area contributed by atoms with E-state index in [-0.39, 0.29) is 11.9 Å². The topological polar surface area (TPSA) is 34.1 Å². The fourth-order valence-corrected chi connectivity index (χ4v) is 3.10. The molecule has 1 aliphatic rings. The van der Waals surface area contributed by atoms with E-state index in [1.54, 1.807) is 12.3 Å². The van der Waals surface area contributed by atoms with Crippen LogP contribution in [0.2, 0.25) is 0 Å². The summed E-state index contributed by atoms with van der Waals surface area (Å²) in [5, 5.41) is 4.33. The van der Waals surface area contributed by atoms with Crippen molar-refractivity contribution >= 4 is 10.9 Å². The molecule has 0 amide bonds. The molecule has 0 bridgehead atoms. The van der Waals surface area contributed by atoms with Gasteiger partial charge in [0.2, 0.25) is 0 Å². The minimum atomic E-state index is -0.320. The molecule has 1 aliphatic heterocycles. The van der Waals surface area contributed by atoms with Gasteiger partial charge in [-0.1, -0.05) is 24.3 Å². The number of rotatable bonds is 3. The molecule has 2 heterocycles. The molecule has 4 rings (SSSR count). The number of aromatic nitrogens is 1. The molecule has 1 N–H and O–H groups in total. The van der Waals surface area contributed by atoms with Gasteiger partial charge in [0.1, 0.15) is 6.10 Å². The van der Waals surface area contributed by atoms with Gasteiger partial charge in [-0.25, -0.2) is 4.39 Å². The van der Waals surface area contributed by atoms with Crippen LogP contribution in [0.1, 0.15) is 12.8 Å². The highest BCUT2D eigenvalue weighted by atomic mass is 19.1. The number of benzene rings is 2. The minimum Gasteiger partial charge on any atom is -0.487 e. The third-order valence-corrected chi connectivity index (χ3v) is 4.44. The molecule has 1 aromatic heterocycles. The van der Waals surface area contributed by atoms with E-state index in [1.807, 2.05) is 36.4 Å². The SMILES string of the molecule is Fc1cc(-c2cnc3ccccc3c2)ccc1OC1CCNCC1. The monoisotopic (exact) mass is 322 g/mol. The first kappa shape index (κ1) is 15.1. The van der Waals surface area contributed by atoms with E-state index < -0.39 is 0 Å². The Morgan fingerprint density at radius 2 is 1.83 bits per heavy atom. The standard InChI is InChI=1S/C20H19FN2O/c21-18-12-14(5-6-20(18)24-17-7-9-22-10-8-17)16-11-15-3-1-2-4-19(15)23-13-16/h1-6,11-13,17,22H,7-10H2. The summed E-state index contributed by atoms with van der Waals surface area (Å²) in [6.07, 6.45) is 3.70. The van der Waals surface area contributed by atoms with E-state index in [9.17, 15) is 4.39 Å². The number of nitrogens with one attached hydrogen (secondary N) is 1. The van der Waals surface area contributed by atoms with Crippen molar-refractivity contribution in [1.82, 2.24) is 10.3 Å². The van der Waals surface area contributed by atoms with Crippen LogP contribution in [-0.4, -0.2) is 24.2 Å². The molecule has 0 aliphatic carbocycles. The van der Waals surface area contributed by atoms with Crippen LogP contribution in [-0.2, 0) is 0 Å². The van der Waals surface area contributed by atoms with Crippen LogP contribution in [0.5, 0.6) is 5.75 Å². The van der Waals surface area contributed by atoms with Crippen molar-refractivity contribution in [3.8, 4) is 16.9 Å². The van der Waals surface area contributed by atoms with Gasteiger partial charge in [0.15, 0.2) is 11.6 Å². The maximum atomic E-state index is 14.4. The zero-order valence-electron chi connectivity index (χ0n) is 13.3. The highest BCUT2D eigenvalue weighted by Crippen LogP contribution is 2.28. The second-order valence-electron chi connectivity index (χ2n) is 6.13. The predicted molar refractivity (Wildman–Crippen MR) is 93.7 cm³/mol. The summed E-state index contributed by atoms with van der Waals surface area (Å²) in [7, 11) is 0. The van der Waals surface area contributed by atoms with Crippen molar-refractivity contribution in [1.29, 1.82) is 0 Å². The molecule has 4 heteroatoms. The first-order chi connectivity index (χ1) is 11.8. The Balaban J connectivity index is 1.60. The largest absolute Gasteiger partial charge is 0.487 e. The molecule has 0 spiro atoms. The van der Waals surface area contributed by atoms with E-state index in [4.69, 9.17) is 4.74 Å². The second-order valence-corrected chi connectivity index (χ2v) is 6.13. The van der Waals surface area contributed by atoms with E-state index in [1.165, 1.54) is 6.07 Å². The van der Waals surface area contributed by atoms with Crippen molar-refractivity contribution in [2.24, 2.45) is 0 Å². The fourth-order valence-electron chi connectivity index (χ4n) is 3.10. The van der Waals surface area contributed by atoms with E-state index >= 15 is 0 Å². The zero-order chi connectivity index (χ0) is 16.4. The van der Waals surface area contributed by atoms with Crippen LogP contribution in [0.25, 0.3) is 22.0 Å². The summed E-state index contributed by atoms with van der Waals surface area (Å²) in [4.78, 5) is 4.44. The van der Waals surface area contributed by atoms with Gasteiger partial charge in [0.05, 0.1) is 5.52 Å². The first-order valence-electron chi connectivity index (χ1n) is 8.32. The van der Waals surface area contributed by atoms with Crippen molar-refractivity contribution in [3.05, 3.63) is 60.5 Å². The summed E-state index contributed by atoms with van der Waals surface area (Å²) in [6, 6.07) is 15.1. The minimum absolute atomic E-state index is 0.0916. The zero-order valence-corrected chi connectivity index (χ0v) is 13.3. The highest BCUT2D eigenvalue weighted by molar-refractivity contribution is 5.83. The Morgan fingerprint density at radius 3 is 2.67 bits per heavy atom. The molecular weight excluding hydrogens is 303 g/mol. The quantitative estimate of drug-likeness (QED) is 0.786. The average molecular weight is 322 g/mol. The molecule has 2 aromatic carbocycles. The predicted octanol–water partition coefficient (Wildman–Crippen LogP) is 4.17. The molecule has 0 saturated carbocycles. The van der Waals surface area contributed by atoms with Crippen LogP contribution in [0.4, 0.5) is 4.39 Å². The van der Waals surface area contributed by atoms with Gasteiger partial charge >= 0.3 is 0 Å². The molecule has 24 heavy (non-hydrogen) atoms. The van der Waals surface area contributed by atoms with Gasteiger partial charge in [-0.2, -0.15) is 0 Å². The van der Waals surface area contributed by atoms with Gasteiger partial charge in [0, 0.05) is 17.1 Å². The lowest BCUT2D eigenvalue weighted by atomic mass is 10.0. The summed E-state index contributed by atoms with van der Waals surface area (Å²) >= 11 is 0. The Labute approximate surface area is 140 Å². The van der Waals surface area contributed by atoms with Crippen LogP contribution >= 0.6 is 0 Å². The fraction of sp³-hybridized carbons (Fsp3) is 0.250. The Morgan fingerprint density at radius 1 is 1.00 bits per heavy atom. The Bertz CT molecular complexity index is 859. The van der Waals surface area contributed by atoms with E-state index in [0.29, 0.717) is 5.75 Å². The van der Waals surface area contributed by atoms with E-state index in [2.05, 4.69) is 10.3 Å². The van der Waals surface area contributed by atoms with Gasteiger partial charge in [0.25, 0.3) is 0 Å². The maximum absolute atomic E-state index is 14.4. The lowest BCUT2D eigenvalue weighted by Crippen LogP contribution is -2.34. The van der Waals surface area contributed by atoms with Crippen LogP contribution in [0.3, 0.4) is 0 Å². The first-order valence-corrected chi connectivity index (χ1v) is 8.32. The number of pyridine rings is 1. The summed E-state index contributed by atoms with van der Waals surface area (Å²) in [5.41, 5.74) is 2.65. The second kappa shape index (κ2) is 6.57. The van der Waals surface area contributed by atoms with Crippen molar-refractivity contribution in [3.63, 3.8) is 0 Å². The van der Waals surface area contributed by atoms with Gasteiger partial charge < -0.3 is 10.1 Å². The number of ether oxygens (including phenoxy) is 1. The van der Waals surface area contributed by atoms with Crippen LogP contribution in [0.15, 0.2) is 54.7 Å². The number of piperidine rings is 1. The molecular formula is C20H19FN2O. The van der Waals surface area contributed by atoms with E-state index in [0.717, 1.165) is 48.0 Å². The van der Waals surface area contributed by atoms with Gasteiger partial charge in [-0.15, -0.1) is 0 Å². The number of halogens is 1. The number of hydrogen-bond acceptors (Lipinski definition) is 3. The highest BCUT2D eigenvalue weighted by Gasteiger charge is 2.16. The number of fused-ring (bicyclic) bond motifs is 1. The van der Waals surface area contributed by atoms with Crippen molar-refractivity contribution < 1.29 is 9.13 Å². The van der Waals surface area contributed by atoms with Gasteiger partial charge in [-0.05, 0) is 55.8 Å². The number of hydrogen-bond donors (Lipinski definition) is 1. The van der Waals surface area contributed by atoms with Crippen molar-refractivity contribution in [2.75, 3.05) is 13.1 Å². The molecule has 0 radical (unpaired) electrons. The normalized spacial score (nSPS) is 15.5. The summed E-state index contributed by atoms with van der Waals surface area (Å²) in [6.45, 7) is 1.85. The smallest absolute Gasteiger partial charge is 0.165 e. The number of para-hydroxylation sites is 1. The third-order valence-electron chi connectivity index (χ3n) is 4.44.